The van der Waals surface area contributed by atoms with Gasteiger partial charge in [-0.1, -0.05) is 13.8 Å². The molecule has 0 radical (unpaired) electrons. The van der Waals surface area contributed by atoms with Crippen molar-refractivity contribution in [2.24, 2.45) is 5.92 Å². The SMILES string of the molecule is CCC1CCC(C)C(Cn2cc(C(=O)NCc3c(F)cc(F)cc3F)c(=O)c(O)c2C=O)N1C. The summed E-state index contributed by atoms with van der Waals surface area (Å²) >= 11 is 0. The molecule has 2 N–H and O–H groups in total. The van der Waals surface area contributed by atoms with Crippen LogP contribution in [-0.4, -0.2) is 45.9 Å². The monoisotopic (exact) mass is 479 g/mol. The number of carbonyl (C=O) groups is 2. The summed E-state index contributed by atoms with van der Waals surface area (Å²) in [4.78, 5) is 39.1. The van der Waals surface area contributed by atoms with Crippen LogP contribution in [0.2, 0.25) is 0 Å². The first-order valence-electron chi connectivity index (χ1n) is 11.1. The van der Waals surface area contributed by atoms with E-state index in [9.17, 15) is 32.7 Å². The van der Waals surface area contributed by atoms with Gasteiger partial charge >= 0.3 is 0 Å². The molecule has 1 saturated heterocycles. The number of likely N-dealkylation sites (tertiary alicyclic amines) is 1. The topological polar surface area (TPSA) is 91.6 Å². The van der Waals surface area contributed by atoms with Crippen LogP contribution in [0.25, 0.3) is 0 Å². The third-order valence-electron chi connectivity index (χ3n) is 6.75. The normalized spacial score (nSPS) is 20.8. The van der Waals surface area contributed by atoms with Crippen LogP contribution in [0.3, 0.4) is 0 Å². The van der Waals surface area contributed by atoms with Crippen LogP contribution in [0.4, 0.5) is 13.2 Å². The summed E-state index contributed by atoms with van der Waals surface area (Å²) in [7, 11) is 1.98. The van der Waals surface area contributed by atoms with Crippen molar-refractivity contribution in [3.05, 3.63) is 62.8 Å². The molecule has 0 saturated carbocycles. The van der Waals surface area contributed by atoms with Crippen LogP contribution < -0.4 is 10.7 Å². The second-order valence-corrected chi connectivity index (χ2v) is 8.76. The van der Waals surface area contributed by atoms with Gasteiger partial charge in [0.2, 0.25) is 5.43 Å². The molecule has 1 aliphatic rings. The fourth-order valence-corrected chi connectivity index (χ4v) is 4.63. The number of halogens is 3. The molecular formula is C24H28F3N3O4. The van der Waals surface area contributed by atoms with Crippen LogP contribution >= 0.6 is 0 Å². The molecule has 34 heavy (non-hydrogen) atoms. The first kappa shape index (κ1) is 25.5. The summed E-state index contributed by atoms with van der Waals surface area (Å²) in [5.41, 5.74) is -2.39. The maximum absolute atomic E-state index is 13.9. The largest absolute Gasteiger partial charge is 0.503 e. The minimum Gasteiger partial charge on any atom is -0.503 e. The Bertz CT molecular complexity index is 1130. The van der Waals surface area contributed by atoms with Crippen molar-refractivity contribution in [2.45, 2.75) is 58.3 Å². The number of hydrogen-bond donors (Lipinski definition) is 2. The van der Waals surface area contributed by atoms with Crippen LogP contribution in [0.1, 0.15) is 59.5 Å². The molecular weight excluding hydrogens is 451 g/mol. The Kier molecular flexibility index (Phi) is 7.81. The predicted molar refractivity (Wildman–Crippen MR) is 119 cm³/mol. The van der Waals surface area contributed by atoms with Gasteiger partial charge in [-0.25, -0.2) is 13.2 Å². The third kappa shape index (κ3) is 5.01. The lowest BCUT2D eigenvalue weighted by Crippen LogP contribution is -2.50. The Labute approximate surface area is 195 Å². The molecule has 3 unspecified atom stereocenters. The molecule has 1 fully saturated rings. The van der Waals surface area contributed by atoms with Crippen molar-refractivity contribution in [3.63, 3.8) is 0 Å². The zero-order chi connectivity index (χ0) is 25.2. The summed E-state index contributed by atoms with van der Waals surface area (Å²) in [5.74, 6) is -5.08. The summed E-state index contributed by atoms with van der Waals surface area (Å²) in [5, 5.41) is 12.6. The number of benzene rings is 1. The number of pyridine rings is 1. The molecule has 10 heteroatoms. The van der Waals surface area contributed by atoms with Crippen molar-refractivity contribution < 1.29 is 27.9 Å². The summed E-state index contributed by atoms with van der Waals surface area (Å²) < 4.78 is 42.2. The number of rotatable bonds is 7. The minimum atomic E-state index is -1.19. The molecule has 2 heterocycles. The molecule has 0 bridgehead atoms. The van der Waals surface area contributed by atoms with Crippen molar-refractivity contribution in [3.8, 4) is 5.75 Å². The second-order valence-electron chi connectivity index (χ2n) is 8.76. The van der Waals surface area contributed by atoms with Gasteiger partial charge in [-0.15, -0.1) is 0 Å². The van der Waals surface area contributed by atoms with E-state index >= 15 is 0 Å². The Balaban J connectivity index is 1.91. The number of hydrogen-bond acceptors (Lipinski definition) is 5. The van der Waals surface area contributed by atoms with Gasteiger partial charge in [-0.3, -0.25) is 19.3 Å². The minimum absolute atomic E-state index is 0.0161. The van der Waals surface area contributed by atoms with Crippen molar-refractivity contribution >= 4 is 12.2 Å². The van der Waals surface area contributed by atoms with Crippen molar-refractivity contribution in [1.29, 1.82) is 0 Å². The van der Waals surface area contributed by atoms with Gasteiger partial charge in [0.25, 0.3) is 5.91 Å². The highest BCUT2D eigenvalue weighted by Gasteiger charge is 2.33. The van der Waals surface area contributed by atoms with Crippen molar-refractivity contribution in [1.82, 2.24) is 14.8 Å². The third-order valence-corrected chi connectivity index (χ3v) is 6.75. The summed E-state index contributed by atoms with van der Waals surface area (Å²) in [6.07, 6.45) is 4.48. The van der Waals surface area contributed by atoms with Crippen LogP contribution in [0, 0.1) is 23.4 Å². The molecule has 1 aromatic carbocycles. The molecule has 2 aromatic rings. The number of piperidine rings is 1. The van der Waals surface area contributed by atoms with E-state index in [0.717, 1.165) is 19.3 Å². The summed E-state index contributed by atoms with van der Waals surface area (Å²) in [6, 6.07) is 1.29. The van der Waals surface area contributed by atoms with Crippen molar-refractivity contribution in [2.75, 3.05) is 7.05 Å². The average molecular weight is 479 g/mol. The lowest BCUT2D eigenvalue weighted by molar-refractivity contribution is 0.0576. The van der Waals surface area contributed by atoms with Gasteiger partial charge in [0.1, 0.15) is 28.7 Å². The van der Waals surface area contributed by atoms with Gasteiger partial charge in [0, 0.05) is 49.1 Å². The van der Waals surface area contributed by atoms with E-state index in [0.29, 0.717) is 24.5 Å². The quantitative estimate of drug-likeness (QED) is 0.595. The standard InChI is InChI=1S/C24H28F3N3O4/c1-4-15-6-5-13(2)20(29(15)3)11-30-10-17(22(32)23(33)21(30)12-31)24(34)28-9-16-18(26)7-14(25)8-19(16)27/h7-8,10,12-13,15,20,33H,4-6,9,11H2,1-3H3,(H,28,34). The van der Waals surface area contributed by atoms with E-state index in [1.165, 1.54) is 10.8 Å². The molecule has 184 valence electrons. The van der Waals surface area contributed by atoms with E-state index in [2.05, 4.69) is 24.1 Å². The van der Waals surface area contributed by atoms with Gasteiger partial charge in [-0.2, -0.15) is 0 Å². The Morgan fingerprint density at radius 1 is 1.24 bits per heavy atom. The fourth-order valence-electron chi connectivity index (χ4n) is 4.63. The lowest BCUT2D eigenvalue weighted by Gasteiger charge is -2.43. The lowest BCUT2D eigenvalue weighted by atomic mass is 9.86. The second kappa shape index (κ2) is 10.4. The van der Waals surface area contributed by atoms with Gasteiger partial charge < -0.3 is 15.0 Å². The van der Waals surface area contributed by atoms with Crippen LogP contribution in [-0.2, 0) is 13.1 Å². The maximum atomic E-state index is 13.9. The Morgan fingerprint density at radius 2 is 1.88 bits per heavy atom. The molecule has 0 spiro atoms. The van der Waals surface area contributed by atoms with Gasteiger partial charge in [-0.05, 0) is 32.2 Å². The average Bonchev–Trinajstić information content (AvgIpc) is 2.78. The Hall–Kier alpha value is -3.14. The van der Waals surface area contributed by atoms with E-state index in [1.807, 2.05) is 7.05 Å². The highest BCUT2D eigenvalue weighted by molar-refractivity contribution is 5.95. The highest BCUT2D eigenvalue weighted by atomic mass is 19.1. The number of aldehydes is 1. The van der Waals surface area contributed by atoms with E-state index in [4.69, 9.17) is 0 Å². The Morgan fingerprint density at radius 3 is 2.47 bits per heavy atom. The smallest absolute Gasteiger partial charge is 0.257 e. The first-order valence-corrected chi connectivity index (χ1v) is 11.1. The zero-order valence-corrected chi connectivity index (χ0v) is 19.3. The molecule has 1 aromatic heterocycles. The number of likely N-dealkylation sites (N-methyl/N-ethyl adjacent to an activating group) is 1. The van der Waals surface area contributed by atoms with Gasteiger partial charge in [0.05, 0.1) is 0 Å². The number of aromatic nitrogens is 1. The number of carbonyl (C=O) groups excluding carboxylic acids is 2. The number of amides is 1. The van der Waals surface area contributed by atoms with Crippen LogP contribution in [0.5, 0.6) is 5.75 Å². The van der Waals surface area contributed by atoms with E-state index < -0.39 is 52.2 Å². The van der Waals surface area contributed by atoms with Gasteiger partial charge in [0.15, 0.2) is 12.0 Å². The van der Waals surface area contributed by atoms with E-state index in [1.54, 1.807) is 0 Å². The maximum Gasteiger partial charge on any atom is 0.257 e. The molecule has 1 aliphatic heterocycles. The molecule has 3 rings (SSSR count). The molecule has 3 atom stereocenters. The summed E-state index contributed by atoms with van der Waals surface area (Å²) in [6.45, 7) is 3.77. The first-order chi connectivity index (χ1) is 16.1. The number of nitrogens with zero attached hydrogens (tertiary/aromatic N) is 2. The van der Waals surface area contributed by atoms with E-state index in [-0.39, 0.29) is 24.2 Å². The predicted octanol–water partition coefficient (Wildman–Crippen LogP) is 3.22. The molecule has 0 aliphatic carbocycles. The molecule has 7 nitrogen and oxygen atoms in total. The number of aromatic hydroxyl groups is 1. The highest BCUT2D eigenvalue weighted by Crippen LogP contribution is 2.29. The van der Waals surface area contributed by atoms with Crippen LogP contribution in [0.15, 0.2) is 23.1 Å². The fraction of sp³-hybridized carbons (Fsp3) is 0.458. The molecule has 1 amide bonds. The zero-order valence-electron chi connectivity index (χ0n) is 19.3. The number of nitrogens with one attached hydrogen (secondary N) is 1.